The fourth-order valence-electron chi connectivity index (χ4n) is 3.96. The Bertz CT molecular complexity index is 822. The van der Waals surface area contributed by atoms with Crippen LogP contribution in [-0.2, 0) is 10.2 Å². The van der Waals surface area contributed by atoms with Crippen LogP contribution in [-0.4, -0.2) is 25.6 Å². The minimum absolute atomic E-state index is 0.0168. The molecule has 2 atom stereocenters. The molecule has 1 fully saturated rings. The average Bonchev–Trinajstić information content (AvgIpc) is 2.72. The van der Waals surface area contributed by atoms with Gasteiger partial charge in [0, 0.05) is 18.8 Å². The predicted octanol–water partition coefficient (Wildman–Crippen LogP) is 5.48. The maximum Gasteiger partial charge on any atom is 0.258 e. The zero-order valence-corrected chi connectivity index (χ0v) is 19.1. The molecule has 1 aliphatic heterocycles. The van der Waals surface area contributed by atoms with Gasteiger partial charge in [-0.15, -0.1) is 0 Å². The van der Waals surface area contributed by atoms with Crippen LogP contribution in [0.5, 0.6) is 5.75 Å². The Labute approximate surface area is 181 Å². The minimum atomic E-state index is -0.115. The van der Waals surface area contributed by atoms with Gasteiger partial charge < -0.3 is 15.0 Å². The highest BCUT2D eigenvalue weighted by Gasteiger charge is 2.17. The standard InChI is InChI=1S/C26H36N2O2/c1-19-7-6-16-28(17-19)23-12-8-21(9-13-23)20(2)27-25(29)18-30-24-14-10-22(11-15-24)26(3,4)5/h8-15,19-20H,6-7,16-18H2,1-5H3,(H,27,29)/t19-,20+/m0/s1. The second kappa shape index (κ2) is 9.55. The van der Waals surface area contributed by atoms with Gasteiger partial charge in [-0.25, -0.2) is 0 Å². The molecule has 4 nitrogen and oxygen atoms in total. The molecular formula is C26H36N2O2. The van der Waals surface area contributed by atoms with E-state index in [1.807, 2.05) is 19.1 Å². The van der Waals surface area contributed by atoms with Crippen molar-refractivity contribution in [1.82, 2.24) is 5.32 Å². The van der Waals surface area contributed by atoms with E-state index in [2.05, 4.69) is 74.3 Å². The number of hydrogen-bond acceptors (Lipinski definition) is 3. The van der Waals surface area contributed by atoms with E-state index < -0.39 is 0 Å². The van der Waals surface area contributed by atoms with Crippen molar-refractivity contribution < 1.29 is 9.53 Å². The Morgan fingerprint density at radius 2 is 1.80 bits per heavy atom. The van der Waals surface area contributed by atoms with Crippen molar-refractivity contribution >= 4 is 11.6 Å². The summed E-state index contributed by atoms with van der Waals surface area (Å²) in [5.41, 5.74) is 3.72. The highest BCUT2D eigenvalue weighted by atomic mass is 16.5. The van der Waals surface area contributed by atoms with Crippen LogP contribution in [0.25, 0.3) is 0 Å². The van der Waals surface area contributed by atoms with Crippen molar-refractivity contribution in [2.75, 3.05) is 24.6 Å². The quantitative estimate of drug-likeness (QED) is 0.688. The van der Waals surface area contributed by atoms with Crippen LogP contribution in [0.2, 0.25) is 0 Å². The highest BCUT2D eigenvalue weighted by Crippen LogP contribution is 2.25. The van der Waals surface area contributed by atoms with Gasteiger partial charge in [-0.1, -0.05) is 52.0 Å². The van der Waals surface area contributed by atoms with Gasteiger partial charge in [0.2, 0.25) is 0 Å². The summed E-state index contributed by atoms with van der Waals surface area (Å²) in [6, 6.07) is 16.5. The van der Waals surface area contributed by atoms with Crippen molar-refractivity contribution in [2.45, 2.75) is 58.9 Å². The second-order valence-corrected chi connectivity index (χ2v) is 9.64. The van der Waals surface area contributed by atoms with Crippen molar-refractivity contribution in [3.05, 3.63) is 59.7 Å². The Balaban J connectivity index is 1.49. The summed E-state index contributed by atoms with van der Waals surface area (Å²) in [5.74, 6) is 1.35. The second-order valence-electron chi connectivity index (χ2n) is 9.64. The van der Waals surface area contributed by atoms with Crippen LogP contribution in [0.3, 0.4) is 0 Å². The van der Waals surface area contributed by atoms with Crippen molar-refractivity contribution in [1.29, 1.82) is 0 Å². The summed E-state index contributed by atoms with van der Waals surface area (Å²) in [4.78, 5) is 14.8. The number of carbonyl (C=O) groups is 1. The molecule has 1 N–H and O–H groups in total. The molecule has 30 heavy (non-hydrogen) atoms. The summed E-state index contributed by atoms with van der Waals surface area (Å²) >= 11 is 0. The van der Waals surface area contributed by atoms with Crippen molar-refractivity contribution in [2.24, 2.45) is 5.92 Å². The van der Waals surface area contributed by atoms with Gasteiger partial charge in [0.15, 0.2) is 6.61 Å². The highest BCUT2D eigenvalue weighted by molar-refractivity contribution is 5.78. The molecule has 0 aliphatic carbocycles. The zero-order valence-electron chi connectivity index (χ0n) is 19.1. The summed E-state index contributed by atoms with van der Waals surface area (Å²) in [7, 11) is 0. The lowest BCUT2D eigenvalue weighted by molar-refractivity contribution is -0.123. The Hall–Kier alpha value is -2.49. The van der Waals surface area contributed by atoms with E-state index in [-0.39, 0.29) is 24.0 Å². The van der Waals surface area contributed by atoms with Gasteiger partial charge in [-0.05, 0) is 66.5 Å². The lowest BCUT2D eigenvalue weighted by atomic mass is 9.87. The smallest absolute Gasteiger partial charge is 0.258 e. The van der Waals surface area contributed by atoms with Crippen LogP contribution in [0.15, 0.2) is 48.5 Å². The number of hydrogen-bond donors (Lipinski definition) is 1. The monoisotopic (exact) mass is 408 g/mol. The van der Waals surface area contributed by atoms with E-state index in [1.165, 1.54) is 24.1 Å². The number of nitrogens with one attached hydrogen (secondary N) is 1. The molecule has 3 rings (SSSR count). The van der Waals surface area contributed by atoms with Gasteiger partial charge in [0.1, 0.15) is 5.75 Å². The van der Waals surface area contributed by atoms with E-state index in [0.29, 0.717) is 5.75 Å². The molecule has 0 radical (unpaired) electrons. The molecule has 162 valence electrons. The number of amides is 1. The third kappa shape index (κ3) is 6.01. The van der Waals surface area contributed by atoms with Gasteiger partial charge >= 0.3 is 0 Å². The van der Waals surface area contributed by atoms with E-state index in [9.17, 15) is 4.79 Å². The molecule has 1 amide bonds. The summed E-state index contributed by atoms with van der Waals surface area (Å²) < 4.78 is 5.66. The van der Waals surface area contributed by atoms with Gasteiger partial charge in [0.25, 0.3) is 5.91 Å². The number of ether oxygens (including phenoxy) is 1. The molecule has 2 aromatic carbocycles. The summed E-state index contributed by atoms with van der Waals surface area (Å²) in [6.45, 7) is 13.1. The molecule has 0 aromatic heterocycles. The molecule has 0 spiro atoms. The van der Waals surface area contributed by atoms with Crippen molar-refractivity contribution in [3.63, 3.8) is 0 Å². The number of rotatable bonds is 6. The number of benzene rings is 2. The third-order valence-electron chi connectivity index (χ3n) is 5.88. The van der Waals surface area contributed by atoms with Crippen LogP contribution in [0.4, 0.5) is 5.69 Å². The van der Waals surface area contributed by atoms with Gasteiger partial charge in [-0.3, -0.25) is 4.79 Å². The van der Waals surface area contributed by atoms with E-state index >= 15 is 0 Å². The normalized spacial score (nSPS) is 18.0. The molecule has 0 bridgehead atoms. The molecular weight excluding hydrogens is 372 g/mol. The molecule has 4 heteroatoms. The lowest BCUT2D eigenvalue weighted by Crippen LogP contribution is -2.34. The topological polar surface area (TPSA) is 41.6 Å². The van der Waals surface area contributed by atoms with E-state index in [0.717, 1.165) is 24.6 Å². The third-order valence-corrected chi connectivity index (χ3v) is 5.88. The van der Waals surface area contributed by atoms with E-state index in [1.54, 1.807) is 0 Å². The van der Waals surface area contributed by atoms with Crippen LogP contribution in [0.1, 0.15) is 64.6 Å². The van der Waals surface area contributed by atoms with Gasteiger partial charge in [0.05, 0.1) is 6.04 Å². The molecule has 2 aromatic rings. The Morgan fingerprint density at radius 1 is 1.13 bits per heavy atom. The first-order valence-corrected chi connectivity index (χ1v) is 11.1. The predicted molar refractivity (Wildman–Crippen MR) is 124 cm³/mol. The average molecular weight is 409 g/mol. The minimum Gasteiger partial charge on any atom is -0.484 e. The number of carbonyl (C=O) groups excluding carboxylic acids is 1. The number of anilines is 1. The molecule has 1 saturated heterocycles. The van der Waals surface area contributed by atoms with Crippen LogP contribution < -0.4 is 15.0 Å². The fourth-order valence-corrected chi connectivity index (χ4v) is 3.96. The molecule has 1 aliphatic rings. The summed E-state index contributed by atoms with van der Waals surface area (Å²) in [5, 5.41) is 3.03. The maximum atomic E-state index is 12.3. The first-order chi connectivity index (χ1) is 14.2. The Kier molecular flexibility index (Phi) is 7.06. The summed E-state index contributed by atoms with van der Waals surface area (Å²) in [6.07, 6.45) is 2.58. The molecule has 0 saturated carbocycles. The fraction of sp³-hybridized carbons (Fsp3) is 0.500. The van der Waals surface area contributed by atoms with Crippen LogP contribution >= 0.6 is 0 Å². The molecule has 1 heterocycles. The number of piperidine rings is 1. The SMILES string of the molecule is C[C@H]1CCCN(c2ccc([C@@H](C)NC(=O)COc3ccc(C(C)(C)C)cc3)cc2)C1. The first-order valence-electron chi connectivity index (χ1n) is 11.1. The lowest BCUT2D eigenvalue weighted by Gasteiger charge is -2.33. The van der Waals surface area contributed by atoms with Crippen molar-refractivity contribution in [3.8, 4) is 5.75 Å². The Morgan fingerprint density at radius 3 is 2.40 bits per heavy atom. The van der Waals surface area contributed by atoms with Gasteiger partial charge in [-0.2, -0.15) is 0 Å². The van der Waals surface area contributed by atoms with Crippen LogP contribution in [0, 0.1) is 5.92 Å². The first kappa shape index (κ1) is 22.2. The largest absolute Gasteiger partial charge is 0.484 e. The molecule has 0 unspecified atom stereocenters. The maximum absolute atomic E-state index is 12.3. The van der Waals surface area contributed by atoms with E-state index in [4.69, 9.17) is 4.74 Å². The number of nitrogens with zero attached hydrogens (tertiary/aromatic N) is 1. The zero-order chi connectivity index (χ0) is 21.7.